The predicted molar refractivity (Wildman–Crippen MR) is 96.1 cm³/mol. The molecule has 1 N–H and O–H groups in total. The predicted octanol–water partition coefficient (Wildman–Crippen LogP) is 3.48. The van der Waals surface area contributed by atoms with Crippen molar-refractivity contribution in [2.24, 2.45) is 0 Å². The van der Waals surface area contributed by atoms with Crippen molar-refractivity contribution >= 4 is 11.7 Å². The average molecular weight is 400 g/mol. The number of nitrogens with zero attached hydrogens (tertiary/aromatic N) is 5. The zero-order valence-corrected chi connectivity index (χ0v) is 15.0. The molecule has 0 spiro atoms. The molecular weight excluding hydrogens is 385 g/mol. The first kappa shape index (κ1) is 18.7. The number of hydrogen-bond donors (Lipinski definition) is 1. The molecule has 2 heterocycles. The van der Waals surface area contributed by atoms with Gasteiger partial charge >= 0.3 is 6.18 Å². The van der Waals surface area contributed by atoms with Gasteiger partial charge in [0.05, 0.1) is 11.9 Å². The van der Waals surface area contributed by atoms with Crippen LogP contribution in [0.2, 0.25) is 0 Å². The largest absolute Gasteiger partial charge is 0.435 e. The fourth-order valence-electron chi connectivity index (χ4n) is 3.03. The van der Waals surface area contributed by atoms with Crippen LogP contribution in [0.3, 0.4) is 0 Å². The van der Waals surface area contributed by atoms with Gasteiger partial charge < -0.3 is 5.32 Å². The summed E-state index contributed by atoms with van der Waals surface area (Å²) in [5, 5.41) is 19.6. The molecule has 4 rings (SSSR count). The van der Waals surface area contributed by atoms with E-state index >= 15 is 0 Å². The van der Waals surface area contributed by atoms with E-state index in [0.29, 0.717) is 11.4 Å². The van der Waals surface area contributed by atoms with Gasteiger partial charge in [-0.1, -0.05) is 18.2 Å². The van der Waals surface area contributed by atoms with Crippen molar-refractivity contribution in [1.29, 1.82) is 5.26 Å². The number of halogens is 3. The van der Waals surface area contributed by atoms with Gasteiger partial charge in [0.25, 0.3) is 0 Å². The van der Waals surface area contributed by atoms with Gasteiger partial charge in [-0.05, 0) is 31.0 Å². The third-order valence-electron chi connectivity index (χ3n) is 4.54. The molecule has 10 heteroatoms. The highest BCUT2D eigenvalue weighted by Gasteiger charge is 2.38. The maximum Gasteiger partial charge on any atom is 0.435 e. The number of para-hydroxylation sites is 1. The van der Waals surface area contributed by atoms with Gasteiger partial charge in [-0.3, -0.25) is 9.48 Å². The van der Waals surface area contributed by atoms with E-state index in [0.717, 1.165) is 23.6 Å². The SMILES string of the molecule is N#Cc1cnn(-c2ccccc2)c1NC(=O)Cn1nc(C(F)(F)F)cc1C1CC1. The Morgan fingerprint density at radius 2 is 2.00 bits per heavy atom. The topological polar surface area (TPSA) is 88.5 Å². The van der Waals surface area contributed by atoms with E-state index in [1.54, 1.807) is 24.3 Å². The summed E-state index contributed by atoms with van der Waals surface area (Å²) in [6, 6.07) is 11.8. The number of amides is 1. The number of aromatic nitrogens is 4. The minimum absolute atomic E-state index is 0.0177. The molecule has 0 radical (unpaired) electrons. The lowest BCUT2D eigenvalue weighted by atomic mass is 10.2. The maximum absolute atomic E-state index is 13.0. The molecule has 1 aromatic carbocycles. The highest BCUT2D eigenvalue weighted by molar-refractivity contribution is 5.91. The number of benzene rings is 1. The van der Waals surface area contributed by atoms with E-state index in [9.17, 15) is 23.2 Å². The maximum atomic E-state index is 13.0. The lowest BCUT2D eigenvalue weighted by molar-refractivity contribution is -0.141. The first-order chi connectivity index (χ1) is 13.9. The Balaban J connectivity index is 1.60. The Morgan fingerprint density at radius 3 is 2.62 bits per heavy atom. The lowest BCUT2D eigenvalue weighted by Gasteiger charge is -2.11. The smallest absolute Gasteiger partial charge is 0.308 e. The Kier molecular flexibility index (Phi) is 4.58. The van der Waals surface area contributed by atoms with Crippen LogP contribution in [0.1, 0.15) is 35.7 Å². The molecule has 1 aliphatic rings. The number of nitriles is 1. The Hall–Kier alpha value is -3.61. The van der Waals surface area contributed by atoms with Crippen molar-refractivity contribution in [3.8, 4) is 11.8 Å². The second-order valence-electron chi connectivity index (χ2n) is 6.70. The molecule has 0 saturated heterocycles. The number of nitrogens with one attached hydrogen (secondary N) is 1. The molecular formula is C19H15F3N6O. The van der Waals surface area contributed by atoms with Gasteiger partial charge in [-0.25, -0.2) is 4.68 Å². The summed E-state index contributed by atoms with van der Waals surface area (Å²) < 4.78 is 41.5. The van der Waals surface area contributed by atoms with Crippen LogP contribution in [-0.2, 0) is 17.5 Å². The number of hydrogen-bond acceptors (Lipinski definition) is 4. The number of carbonyl (C=O) groups is 1. The van der Waals surface area contributed by atoms with E-state index in [-0.39, 0.29) is 17.3 Å². The summed E-state index contributed by atoms with van der Waals surface area (Å²) >= 11 is 0. The van der Waals surface area contributed by atoms with Crippen LogP contribution in [0.15, 0.2) is 42.6 Å². The summed E-state index contributed by atoms with van der Waals surface area (Å²) in [5.74, 6) is -0.464. The highest BCUT2D eigenvalue weighted by atomic mass is 19.4. The molecule has 1 saturated carbocycles. The molecule has 1 amide bonds. The number of alkyl halides is 3. The molecule has 1 aliphatic carbocycles. The summed E-state index contributed by atoms with van der Waals surface area (Å²) in [6.07, 6.45) is -1.73. The van der Waals surface area contributed by atoms with Crippen molar-refractivity contribution in [3.63, 3.8) is 0 Å². The molecule has 0 atom stereocenters. The van der Waals surface area contributed by atoms with Gasteiger partial charge in [-0.2, -0.15) is 28.6 Å². The molecule has 29 heavy (non-hydrogen) atoms. The van der Waals surface area contributed by atoms with Crippen LogP contribution < -0.4 is 5.32 Å². The Bertz CT molecular complexity index is 1090. The number of carbonyl (C=O) groups excluding carboxylic acids is 1. The third-order valence-corrected chi connectivity index (χ3v) is 4.54. The molecule has 7 nitrogen and oxygen atoms in total. The van der Waals surface area contributed by atoms with Crippen molar-refractivity contribution in [3.05, 3.63) is 59.5 Å². The summed E-state index contributed by atoms with van der Waals surface area (Å²) in [5.41, 5.74) is 0.145. The Labute approximate surface area is 163 Å². The van der Waals surface area contributed by atoms with Crippen LogP contribution in [0, 0.1) is 11.3 Å². The normalized spacial score (nSPS) is 13.9. The number of anilines is 1. The van der Waals surface area contributed by atoms with Crippen LogP contribution in [0.4, 0.5) is 19.0 Å². The molecule has 0 bridgehead atoms. The molecule has 2 aromatic heterocycles. The molecule has 0 unspecified atom stereocenters. The molecule has 0 aliphatic heterocycles. The van der Waals surface area contributed by atoms with E-state index in [2.05, 4.69) is 15.5 Å². The minimum atomic E-state index is -4.58. The van der Waals surface area contributed by atoms with Crippen molar-refractivity contribution in [1.82, 2.24) is 19.6 Å². The van der Waals surface area contributed by atoms with Crippen LogP contribution in [0.5, 0.6) is 0 Å². The van der Waals surface area contributed by atoms with E-state index in [4.69, 9.17) is 0 Å². The lowest BCUT2D eigenvalue weighted by Crippen LogP contribution is -2.23. The first-order valence-corrected chi connectivity index (χ1v) is 8.85. The van der Waals surface area contributed by atoms with Gasteiger partial charge in [0, 0.05) is 11.6 Å². The summed E-state index contributed by atoms with van der Waals surface area (Å²) in [7, 11) is 0. The van der Waals surface area contributed by atoms with Gasteiger partial charge in [0.2, 0.25) is 5.91 Å². The van der Waals surface area contributed by atoms with Gasteiger partial charge in [0.1, 0.15) is 18.2 Å². The monoisotopic (exact) mass is 400 g/mol. The van der Waals surface area contributed by atoms with Crippen molar-refractivity contribution < 1.29 is 18.0 Å². The van der Waals surface area contributed by atoms with E-state index in [1.165, 1.54) is 10.9 Å². The second kappa shape index (κ2) is 7.09. The summed E-state index contributed by atoms with van der Waals surface area (Å²) in [4.78, 5) is 12.6. The van der Waals surface area contributed by atoms with Crippen LogP contribution in [-0.4, -0.2) is 25.5 Å². The third kappa shape index (κ3) is 3.85. The number of rotatable bonds is 5. The molecule has 3 aromatic rings. The Morgan fingerprint density at radius 1 is 1.28 bits per heavy atom. The minimum Gasteiger partial charge on any atom is -0.308 e. The molecule has 1 fully saturated rings. The molecule has 148 valence electrons. The average Bonchev–Trinajstić information content (AvgIpc) is 3.31. The van der Waals surface area contributed by atoms with Gasteiger partial charge in [0.15, 0.2) is 11.5 Å². The first-order valence-electron chi connectivity index (χ1n) is 8.85. The van der Waals surface area contributed by atoms with E-state index in [1.807, 2.05) is 12.1 Å². The van der Waals surface area contributed by atoms with Crippen molar-refractivity contribution in [2.75, 3.05) is 5.32 Å². The van der Waals surface area contributed by atoms with E-state index < -0.39 is 24.3 Å². The zero-order chi connectivity index (χ0) is 20.6. The quantitative estimate of drug-likeness (QED) is 0.710. The fraction of sp³-hybridized carbons (Fsp3) is 0.263. The fourth-order valence-corrected chi connectivity index (χ4v) is 3.03. The van der Waals surface area contributed by atoms with Crippen LogP contribution in [0.25, 0.3) is 5.69 Å². The van der Waals surface area contributed by atoms with Gasteiger partial charge in [-0.15, -0.1) is 0 Å². The van der Waals surface area contributed by atoms with Crippen LogP contribution >= 0.6 is 0 Å². The van der Waals surface area contributed by atoms with Crippen molar-refractivity contribution in [2.45, 2.75) is 31.5 Å². The zero-order valence-electron chi connectivity index (χ0n) is 15.0. The highest BCUT2D eigenvalue weighted by Crippen LogP contribution is 2.42. The summed E-state index contributed by atoms with van der Waals surface area (Å²) in [6.45, 7) is -0.396. The standard InChI is InChI=1S/C19H15F3N6O/c20-19(21,22)16-8-15(12-6-7-12)27(26-16)11-17(29)25-18-13(9-23)10-24-28(18)14-4-2-1-3-5-14/h1-5,8,10,12H,6-7,11H2,(H,25,29). The second-order valence-corrected chi connectivity index (χ2v) is 6.70.